The van der Waals surface area contributed by atoms with E-state index in [-0.39, 0.29) is 6.04 Å². The minimum Gasteiger partial charge on any atom is -0.358 e. The first-order valence-electron chi connectivity index (χ1n) is 10.8. The third-order valence-electron chi connectivity index (χ3n) is 6.17. The summed E-state index contributed by atoms with van der Waals surface area (Å²) in [6.45, 7) is 4.31. The lowest BCUT2D eigenvalue weighted by atomic mass is 9.91. The summed E-state index contributed by atoms with van der Waals surface area (Å²) < 4.78 is 3.67. The fraction of sp³-hybridized carbons (Fsp3) is 0.304. The van der Waals surface area contributed by atoms with Crippen molar-refractivity contribution in [2.45, 2.75) is 45.1 Å². The molecule has 4 aromatic heterocycles. The Balaban J connectivity index is 1.40. The molecule has 0 radical (unpaired) electrons. The molecule has 0 saturated heterocycles. The van der Waals surface area contributed by atoms with E-state index in [1.54, 1.807) is 12.5 Å². The molecule has 31 heavy (non-hydrogen) atoms. The summed E-state index contributed by atoms with van der Waals surface area (Å²) in [6.07, 6.45) is 10.2. The van der Waals surface area contributed by atoms with Crippen LogP contribution in [0.25, 0.3) is 22.5 Å². The van der Waals surface area contributed by atoms with E-state index < -0.39 is 0 Å². The third-order valence-corrected chi connectivity index (χ3v) is 6.17. The molecule has 1 unspecified atom stereocenters. The fourth-order valence-electron chi connectivity index (χ4n) is 4.55. The van der Waals surface area contributed by atoms with E-state index in [1.165, 1.54) is 22.2 Å². The van der Waals surface area contributed by atoms with Gasteiger partial charge in [-0.05, 0) is 36.8 Å². The number of anilines is 1. The van der Waals surface area contributed by atoms with Crippen LogP contribution < -0.4 is 5.32 Å². The Kier molecular flexibility index (Phi) is 4.05. The SMILES string of the molecule is CC(C)c1cnn2c(NC3CCc4[nH]c5ccccc5c4C3)nc(-n3ccnc3)nc12. The molecule has 1 aliphatic carbocycles. The van der Waals surface area contributed by atoms with E-state index in [0.717, 1.165) is 30.5 Å². The molecule has 5 aromatic rings. The van der Waals surface area contributed by atoms with Crippen molar-refractivity contribution in [1.29, 1.82) is 0 Å². The highest BCUT2D eigenvalue weighted by molar-refractivity contribution is 5.85. The highest BCUT2D eigenvalue weighted by Gasteiger charge is 2.24. The van der Waals surface area contributed by atoms with Gasteiger partial charge in [0.15, 0.2) is 5.65 Å². The molecule has 1 aliphatic rings. The number of benzene rings is 1. The lowest BCUT2D eigenvalue weighted by Crippen LogP contribution is -2.29. The van der Waals surface area contributed by atoms with Crippen LogP contribution >= 0.6 is 0 Å². The Morgan fingerprint density at radius 3 is 2.94 bits per heavy atom. The third kappa shape index (κ3) is 2.98. The zero-order chi connectivity index (χ0) is 20.9. The number of aromatic nitrogens is 7. The molecule has 1 atom stereocenters. The Morgan fingerprint density at radius 2 is 2.10 bits per heavy atom. The minimum absolute atomic E-state index is 0.271. The molecule has 1 aromatic carbocycles. The summed E-state index contributed by atoms with van der Waals surface area (Å²) in [6, 6.07) is 8.82. The lowest BCUT2D eigenvalue weighted by molar-refractivity contribution is 0.599. The number of imidazole rings is 1. The Bertz CT molecular complexity index is 1380. The smallest absolute Gasteiger partial charge is 0.240 e. The van der Waals surface area contributed by atoms with Crippen LogP contribution in [0.5, 0.6) is 0 Å². The van der Waals surface area contributed by atoms with Gasteiger partial charge in [0.2, 0.25) is 11.9 Å². The van der Waals surface area contributed by atoms with Gasteiger partial charge in [0.25, 0.3) is 0 Å². The maximum absolute atomic E-state index is 4.81. The summed E-state index contributed by atoms with van der Waals surface area (Å²) in [5, 5.41) is 9.60. The molecule has 8 heteroatoms. The second-order valence-corrected chi connectivity index (χ2v) is 8.52. The summed E-state index contributed by atoms with van der Waals surface area (Å²) in [7, 11) is 0. The van der Waals surface area contributed by atoms with Gasteiger partial charge in [-0.25, -0.2) is 4.98 Å². The highest BCUT2D eigenvalue weighted by Crippen LogP contribution is 2.30. The van der Waals surface area contributed by atoms with Crippen LogP contribution in [0.15, 0.2) is 49.2 Å². The molecule has 8 nitrogen and oxygen atoms in total. The van der Waals surface area contributed by atoms with Crippen LogP contribution in [-0.2, 0) is 12.8 Å². The Labute approximate surface area is 179 Å². The number of aromatic amines is 1. The first-order chi connectivity index (χ1) is 15.2. The van der Waals surface area contributed by atoms with Crippen LogP contribution in [-0.4, -0.2) is 40.2 Å². The average molecular weight is 413 g/mol. The number of aryl methyl sites for hydroxylation is 1. The van der Waals surface area contributed by atoms with E-state index in [1.807, 2.05) is 21.5 Å². The highest BCUT2D eigenvalue weighted by atomic mass is 15.4. The maximum atomic E-state index is 4.81. The minimum atomic E-state index is 0.271. The van der Waals surface area contributed by atoms with Gasteiger partial charge in [0.05, 0.1) is 6.20 Å². The number of hydrogen-bond donors (Lipinski definition) is 2. The first-order valence-corrected chi connectivity index (χ1v) is 10.8. The molecule has 0 saturated carbocycles. The summed E-state index contributed by atoms with van der Waals surface area (Å²) in [5.74, 6) is 1.63. The largest absolute Gasteiger partial charge is 0.358 e. The molecule has 0 spiro atoms. The summed E-state index contributed by atoms with van der Waals surface area (Å²) in [4.78, 5) is 17.3. The van der Waals surface area contributed by atoms with Gasteiger partial charge in [-0.1, -0.05) is 32.0 Å². The maximum Gasteiger partial charge on any atom is 0.240 e. The number of H-pyrrole nitrogens is 1. The van der Waals surface area contributed by atoms with Crippen LogP contribution in [0.4, 0.5) is 5.95 Å². The molecule has 0 fully saturated rings. The van der Waals surface area contributed by atoms with Crippen molar-refractivity contribution in [1.82, 2.24) is 34.1 Å². The predicted octanol–water partition coefficient (Wildman–Crippen LogP) is 3.88. The molecule has 0 amide bonds. The quantitative estimate of drug-likeness (QED) is 0.468. The van der Waals surface area contributed by atoms with Crippen LogP contribution in [0.3, 0.4) is 0 Å². The van der Waals surface area contributed by atoms with E-state index in [2.05, 4.69) is 58.5 Å². The first kappa shape index (κ1) is 18.1. The van der Waals surface area contributed by atoms with Crippen molar-refractivity contribution >= 4 is 22.5 Å². The van der Waals surface area contributed by atoms with Crippen molar-refractivity contribution in [3.8, 4) is 5.95 Å². The molecular weight excluding hydrogens is 388 g/mol. The molecule has 0 aliphatic heterocycles. The van der Waals surface area contributed by atoms with Gasteiger partial charge in [0, 0.05) is 40.6 Å². The van der Waals surface area contributed by atoms with Crippen LogP contribution in [0.1, 0.15) is 43.0 Å². The second-order valence-electron chi connectivity index (χ2n) is 8.52. The number of rotatable bonds is 4. The van der Waals surface area contributed by atoms with Gasteiger partial charge in [-0.2, -0.15) is 19.6 Å². The lowest BCUT2D eigenvalue weighted by Gasteiger charge is -2.24. The van der Waals surface area contributed by atoms with Crippen LogP contribution in [0.2, 0.25) is 0 Å². The number of para-hydroxylation sites is 1. The van der Waals surface area contributed by atoms with Crippen molar-refractivity contribution in [3.63, 3.8) is 0 Å². The average Bonchev–Trinajstić information content (AvgIpc) is 3.51. The molecule has 156 valence electrons. The van der Waals surface area contributed by atoms with Gasteiger partial charge in [-0.15, -0.1) is 0 Å². The molecule has 4 heterocycles. The fourth-order valence-corrected chi connectivity index (χ4v) is 4.55. The molecule has 2 N–H and O–H groups in total. The molecular formula is C23H24N8. The number of hydrogen-bond acceptors (Lipinski definition) is 5. The van der Waals surface area contributed by atoms with E-state index in [4.69, 9.17) is 9.97 Å². The van der Waals surface area contributed by atoms with Crippen molar-refractivity contribution in [2.75, 3.05) is 5.32 Å². The number of nitrogens with one attached hydrogen (secondary N) is 2. The zero-order valence-electron chi connectivity index (χ0n) is 17.6. The van der Waals surface area contributed by atoms with Crippen molar-refractivity contribution in [2.24, 2.45) is 0 Å². The van der Waals surface area contributed by atoms with Crippen LogP contribution in [0, 0.1) is 0 Å². The van der Waals surface area contributed by atoms with E-state index in [9.17, 15) is 0 Å². The predicted molar refractivity (Wildman–Crippen MR) is 120 cm³/mol. The number of nitrogens with zero attached hydrogens (tertiary/aromatic N) is 6. The van der Waals surface area contributed by atoms with Gasteiger partial charge in [0.1, 0.15) is 6.33 Å². The van der Waals surface area contributed by atoms with E-state index in [0.29, 0.717) is 17.8 Å². The summed E-state index contributed by atoms with van der Waals surface area (Å²) >= 11 is 0. The zero-order valence-corrected chi connectivity index (χ0v) is 17.6. The monoisotopic (exact) mass is 412 g/mol. The van der Waals surface area contributed by atoms with E-state index >= 15 is 0 Å². The van der Waals surface area contributed by atoms with Gasteiger partial charge >= 0.3 is 0 Å². The Morgan fingerprint density at radius 1 is 1.19 bits per heavy atom. The van der Waals surface area contributed by atoms with Gasteiger partial charge in [-0.3, -0.25) is 4.57 Å². The Hall–Kier alpha value is -3.68. The second kappa shape index (κ2) is 6.94. The molecule has 0 bridgehead atoms. The molecule has 6 rings (SSSR count). The van der Waals surface area contributed by atoms with Gasteiger partial charge < -0.3 is 10.3 Å². The standard InChI is InChI=1S/C23H24N8/c1-14(2)18-12-25-31-21(18)28-22(30-10-9-24-13-30)29-23(31)26-15-7-8-20-17(11-15)16-5-3-4-6-19(16)27-20/h3-6,9-10,12-15,27H,7-8,11H2,1-2H3,(H,26,28,29). The van der Waals surface area contributed by atoms with Crippen molar-refractivity contribution in [3.05, 3.63) is 66.0 Å². The topological polar surface area (TPSA) is 88.7 Å². The summed E-state index contributed by atoms with van der Waals surface area (Å²) in [5.41, 5.74) is 5.91. The number of fused-ring (bicyclic) bond motifs is 4. The van der Waals surface area contributed by atoms with Crippen molar-refractivity contribution < 1.29 is 0 Å². The normalized spacial score (nSPS) is 16.3.